The van der Waals surface area contributed by atoms with Crippen LogP contribution in [0.3, 0.4) is 0 Å². The zero-order valence-corrected chi connectivity index (χ0v) is 14.2. The van der Waals surface area contributed by atoms with E-state index in [0.29, 0.717) is 13.1 Å². The maximum atomic E-state index is 12.8. The van der Waals surface area contributed by atoms with Gasteiger partial charge in [0, 0.05) is 19.1 Å². The Kier molecular flexibility index (Phi) is 4.63. The Hall–Kier alpha value is -1.40. The quantitative estimate of drug-likeness (QED) is 0.917. The Labute approximate surface area is 132 Å². The molecule has 5 nitrogen and oxygen atoms in total. The molecule has 1 aromatic rings. The van der Waals surface area contributed by atoms with E-state index in [1.807, 2.05) is 13.8 Å². The number of sulfone groups is 1. The van der Waals surface area contributed by atoms with Crippen LogP contribution in [-0.2, 0) is 9.84 Å². The number of benzene rings is 1. The molecule has 1 atom stereocenters. The average molecular weight is 324 g/mol. The monoisotopic (exact) mass is 324 g/mol. The molecule has 1 fully saturated rings. The lowest BCUT2D eigenvalue weighted by Crippen LogP contribution is -2.54. The molecule has 22 heavy (non-hydrogen) atoms. The fourth-order valence-corrected chi connectivity index (χ4v) is 3.87. The Bertz CT molecular complexity index is 668. The summed E-state index contributed by atoms with van der Waals surface area (Å²) in [4.78, 5) is 14.6. The van der Waals surface area contributed by atoms with Crippen molar-refractivity contribution in [2.45, 2.75) is 38.1 Å². The van der Waals surface area contributed by atoms with Gasteiger partial charge < -0.3 is 10.6 Å². The fraction of sp³-hybridized carbons (Fsp3) is 0.562. The van der Waals surface area contributed by atoms with E-state index < -0.39 is 9.84 Å². The highest BCUT2D eigenvalue weighted by Gasteiger charge is 2.36. The summed E-state index contributed by atoms with van der Waals surface area (Å²) in [5, 5.41) is 0. The molecule has 0 spiro atoms. The van der Waals surface area contributed by atoms with Gasteiger partial charge in [-0.3, -0.25) is 4.79 Å². The van der Waals surface area contributed by atoms with E-state index in [-0.39, 0.29) is 33.6 Å². The Morgan fingerprint density at radius 1 is 1.36 bits per heavy atom. The van der Waals surface area contributed by atoms with Gasteiger partial charge in [0.25, 0.3) is 5.91 Å². The normalized spacial score (nSPS) is 21.6. The number of amides is 1. The summed E-state index contributed by atoms with van der Waals surface area (Å²) in [5.41, 5.74) is 6.19. The molecule has 1 aliphatic heterocycles. The van der Waals surface area contributed by atoms with E-state index in [0.717, 1.165) is 6.42 Å². The molecule has 2 rings (SSSR count). The van der Waals surface area contributed by atoms with Gasteiger partial charge in [-0.1, -0.05) is 32.9 Å². The number of nitrogens with two attached hydrogens (primary N) is 1. The predicted octanol–water partition coefficient (Wildman–Crippen LogP) is 1.68. The maximum absolute atomic E-state index is 12.8. The number of likely N-dealkylation sites (tertiary alicyclic amines) is 1. The molecule has 1 heterocycles. The van der Waals surface area contributed by atoms with Crippen molar-refractivity contribution in [2.75, 3.05) is 18.8 Å². The first-order chi connectivity index (χ1) is 10.2. The summed E-state index contributed by atoms with van der Waals surface area (Å²) in [7, 11) is -3.42. The van der Waals surface area contributed by atoms with Crippen molar-refractivity contribution in [3.63, 3.8) is 0 Å². The molecule has 1 aromatic carbocycles. The average Bonchev–Trinajstić information content (AvgIpc) is 2.49. The van der Waals surface area contributed by atoms with Crippen molar-refractivity contribution >= 4 is 15.7 Å². The zero-order chi connectivity index (χ0) is 16.5. The van der Waals surface area contributed by atoms with Crippen molar-refractivity contribution in [1.82, 2.24) is 4.90 Å². The number of rotatable bonds is 3. The fourth-order valence-electron chi connectivity index (χ4n) is 2.79. The number of nitrogens with zero attached hydrogens (tertiary/aromatic N) is 1. The Morgan fingerprint density at radius 2 is 2.00 bits per heavy atom. The Balaban J connectivity index is 2.36. The third-order valence-electron chi connectivity index (χ3n) is 4.43. The predicted molar refractivity (Wildman–Crippen MR) is 86.4 cm³/mol. The molecular formula is C16H24N2O3S. The van der Waals surface area contributed by atoms with Crippen LogP contribution in [0.25, 0.3) is 0 Å². The summed E-state index contributed by atoms with van der Waals surface area (Å²) in [6.07, 6.45) is 0.724. The Morgan fingerprint density at radius 3 is 2.59 bits per heavy atom. The summed E-state index contributed by atoms with van der Waals surface area (Å²) < 4.78 is 24.4. The van der Waals surface area contributed by atoms with Crippen molar-refractivity contribution < 1.29 is 13.2 Å². The van der Waals surface area contributed by atoms with E-state index in [2.05, 4.69) is 0 Å². The minimum absolute atomic E-state index is 0.0202. The number of piperidine rings is 1. The van der Waals surface area contributed by atoms with Gasteiger partial charge in [-0.2, -0.15) is 0 Å². The van der Waals surface area contributed by atoms with Crippen LogP contribution in [0.2, 0.25) is 0 Å². The maximum Gasteiger partial charge on any atom is 0.255 e. The minimum atomic E-state index is -3.42. The van der Waals surface area contributed by atoms with Gasteiger partial charge in [-0.15, -0.1) is 0 Å². The molecule has 0 bridgehead atoms. The minimum Gasteiger partial charge on any atom is -0.338 e. The van der Waals surface area contributed by atoms with Crippen LogP contribution in [0.5, 0.6) is 0 Å². The van der Waals surface area contributed by atoms with E-state index >= 15 is 0 Å². The molecule has 0 aliphatic carbocycles. The summed E-state index contributed by atoms with van der Waals surface area (Å²) in [5.74, 6) is -0.249. The third-order valence-corrected chi connectivity index (χ3v) is 6.22. The second-order valence-electron chi connectivity index (χ2n) is 6.51. The third kappa shape index (κ3) is 3.17. The summed E-state index contributed by atoms with van der Waals surface area (Å²) in [6.45, 7) is 6.74. The zero-order valence-electron chi connectivity index (χ0n) is 13.4. The van der Waals surface area contributed by atoms with Crippen LogP contribution >= 0.6 is 0 Å². The first kappa shape index (κ1) is 17.0. The van der Waals surface area contributed by atoms with Gasteiger partial charge in [0.2, 0.25) is 0 Å². The number of carbonyl (C=O) groups excluding carboxylic acids is 1. The first-order valence-corrected chi connectivity index (χ1v) is 9.21. The molecule has 0 radical (unpaired) electrons. The van der Waals surface area contributed by atoms with Crippen molar-refractivity contribution in [3.8, 4) is 0 Å². The highest BCUT2D eigenvalue weighted by molar-refractivity contribution is 7.91. The molecule has 1 aliphatic rings. The van der Waals surface area contributed by atoms with E-state index in [1.165, 1.54) is 6.07 Å². The smallest absolute Gasteiger partial charge is 0.255 e. The van der Waals surface area contributed by atoms with Crippen LogP contribution in [0.15, 0.2) is 29.2 Å². The molecule has 2 N–H and O–H groups in total. The topological polar surface area (TPSA) is 80.5 Å². The molecule has 6 heteroatoms. The molecule has 0 aromatic heterocycles. The van der Waals surface area contributed by atoms with E-state index in [9.17, 15) is 13.2 Å². The summed E-state index contributed by atoms with van der Waals surface area (Å²) >= 11 is 0. The SMILES string of the molecule is CCS(=O)(=O)c1ccccc1C(=O)N1CCC(N)C(C)(C)C1. The largest absolute Gasteiger partial charge is 0.338 e. The summed E-state index contributed by atoms with van der Waals surface area (Å²) in [6, 6.07) is 6.49. The molecule has 122 valence electrons. The van der Waals surface area contributed by atoms with Gasteiger partial charge in [0.1, 0.15) is 0 Å². The number of carbonyl (C=O) groups is 1. The lowest BCUT2D eigenvalue weighted by Gasteiger charge is -2.42. The van der Waals surface area contributed by atoms with Gasteiger partial charge in [0.05, 0.1) is 16.2 Å². The molecule has 1 saturated heterocycles. The molecule has 0 saturated carbocycles. The van der Waals surface area contributed by atoms with E-state index in [4.69, 9.17) is 5.73 Å². The molecular weight excluding hydrogens is 300 g/mol. The van der Waals surface area contributed by atoms with Crippen molar-refractivity contribution in [2.24, 2.45) is 11.1 Å². The number of hydrogen-bond acceptors (Lipinski definition) is 4. The van der Waals surface area contributed by atoms with Gasteiger partial charge in [-0.05, 0) is 24.0 Å². The van der Waals surface area contributed by atoms with Crippen LogP contribution in [0.4, 0.5) is 0 Å². The highest BCUT2D eigenvalue weighted by Crippen LogP contribution is 2.29. The standard InChI is InChI=1S/C16H24N2O3S/c1-4-22(20,21)13-8-6-5-7-12(13)15(19)18-10-9-14(17)16(2,3)11-18/h5-8,14H,4,9-11,17H2,1-3H3. The highest BCUT2D eigenvalue weighted by atomic mass is 32.2. The van der Waals surface area contributed by atoms with Crippen molar-refractivity contribution in [3.05, 3.63) is 29.8 Å². The lowest BCUT2D eigenvalue weighted by molar-refractivity contribution is 0.0529. The lowest BCUT2D eigenvalue weighted by atomic mass is 9.79. The first-order valence-electron chi connectivity index (χ1n) is 7.55. The van der Waals surface area contributed by atoms with E-state index in [1.54, 1.807) is 30.0 Å². The van der Waals surface area contributed by atoms with Crippen LogP contribution in [0, 0.1) is 5.41 Å². The second-order valence-corrected chi connectivity index (χ2v) is 8.76. The van der Waals surface area contributed by atoms with Gasteiger partial charge in [0.15, 0.2) is 9.84 Å². The van der Waals surface area contributed by atoms with Crippen LogP contribution < -0.4 is 5.73 Å². The van der Waals surface area contributed by atoms with Crippen molar-refractivity contribution in [1.29, 1.82) is 0 Å². The molecule has 1 amide bonds. The second kappa shape index (κ2) is 6.01. The van der Waals surface area contributed by atoms with Crippen LogP contribution in [-0.4, -0.2) is 44.1 Å². The number of hydrogen-bond donors (Lipinski definition) is 1. The van der Waals surface area contributed by atoms with Crippen LogP contribution in [0.1, 0.15) is 37.6 Å². The molecule has 1 unspecified atom stereocenters. The van der Waals surface area contributed by atoms with Gasteiger partial charge in [-0.25, -0.2) is 8.42 Å². The van der Waals surface area contributed by atoms with Gasteiger partial charge >= 0.3 is 0 Å².